The Balaban J connectivity index is 1.63. The van der Waals surface area contributed by atoms with Gasteiger partial charge in [0, 0.05) is 0 Å². The van der Waals surface area contributed by atoms with Crippen molar-refractivity contribution in [2.45, 2.75) is 13.5 Å². The molecule has 0 spiro atoms. The number of carbonyl (C=O) groups excluding carboxylic acids is 2. The SMILES string of the molecule is Cc1ccc(COc2ccc(/C=C3/SC(=O)NC3=O)cc2)cc1. The largest absolute Gasteiger partial charge is 0.489 e. The summed E-state index contributed by atoms with van der Waals surface area (Å²) in [6.07, 6.45) is 1.69. The molecule has 3 rings (SSSR count). The maximum absolute atomic E-state index is 11.5. The summed E-state index contributed by atoms with van der Waals surface area (Å²) >= 11 is 0.912. The van der Waals surface area contributed by atoms with Crippen molar-refractivity contribution < 1.29 is 14.3 Å². The highest BCUT2D eigenvalue weighted by atomic mass is 32.2. The van der Waals surface area contributed by atoms with E-state index in [0.717, 1.165) is 28.6 Å². The van der Waals surface area contributed by atoms with Gasteiger partial charge in [-0.05, 0) is 48.0 Å². The second-order valence-corrected chi connectivity index (χ2v) is 6.21. The van der Waals surface area contributed by atoms with Gasteiger partial charge in [0.15, 0.2) is 0 Å². The number of carbonyl (C=O) groups is 2. The minimum absolute atomic E-state index is 0.334. The first-order valence-corrected chi connectivity index (χ1v) is 7.95. The lowest BCUT2D eigenvalue weighted by molar-refractivity contribution is -0.115. The van der Waals surface area contributed by atoms with Crippen LogP contribution in [0.15, 0.2) is 53.4 Å². The molecule has 0 unspecified atom stereocenters. The lowest BCUT2D eigenvalue weighted by atomic mass is 10.1. The standard InChI is InChI=1S/C18H15NO3S/c1-12-2-4-14(5-3-12)11-22-15-8-6-13(7-9-15)10-16-17(20)19-18(21)23-16/h2-10H,11H2,1H3,(H,19,20,21)/b16-10+. The van der Waals surface area contributed by atoms with Crippen molar-refractivity contribution in [2.75, 3.05) is 0 Å². The van der Waals surface area contributed by atoms with Gasteiger partial charge in [0.2, 0.25) is 0 Å². The molecule has 1 fully saturated rings. The monoisotopic (exact) mass is 325 g/mol. The van der Waals surface area contributed by atoms with Crippen LogP contribution in [0.1, 0.15) is 16.7 Å². The molecule has 23 heavy (non-hydrogen) atoms. The van der Waals surface area contributed by atoms with Crippen molar-refractivity contribution in [3.8, 4) is 5.75 Å². The number of hydrogen-bond acceptors (Lipinski definition) is 4. The van der Waals surface area contributed by atoms with Gasteiger partial charge >= 0.3 is 0 Å². The molecule has 2 aromatic rings. The fourth-order valence-electron chi connectivity index (χ4n) is 2.08. The molecule has 0 radical (unpaired) electrons. The zero-order valence-corrected chi connectivity index (χ0v) is 13.4. The lowest BCUT2D eigenvalue weighted by Gasteiger charge is -2.07. The molecule has 1 aliphatic rings. The Labute approximate surface area is 138 Å². The van der Waals surface area contributed by atoms with Gasteiger partial charge in [-0.1, -0.05) is 42.0 Å². The van der Waals surface area contributed by atoms with Crippen LogP contribution in [0.25, 0.3) is 6.08 Å². The van der Waals surface area contributed by atoms with E-state index in [1.54, 1.807) is 6.08 Å². The average molecular weight is 325 g/mol. The number of thioether (sulfide) groups is 1. The molecule has 0 saturated carbocycles. The van der Waals surface area contributed by atoms with E-state index in [2.05, 4.69) is 17.4 Å². The summed E-state index contributed by atoms with van der Waals surface area (Å²) in [7, 11) is 0. The van der Waals surface area contributed by atoms with Crippen LogP contribution in [0.2, 0.25) is 0 Å². The number of rotatable bonds is 4. The molecule has 5 heteroatoms. The van der Waals surface area contributed by atoms with Gasteiger partial charge < -0.3 is 4.74 Å². The van der Waals surface area contributed by atoms with Crippen molar-refractivity contribution in [1.82, 2.24) is 5.32 Å². The Kier molecular flexibility index (Phi) is 4.48. The molecule has 0 aromatic heterocycles. The van der Waals surface area contributed by atoms with Crippen molar-refractivity contribution in [2.24, 2.45) is 0 Å². The number of benzene rings is 2. The van der Waals surface area contributed by atoms with Gasteiger partial charge in [-0.15, -0.1) is 0 Å². The molecule has 2 aromatic carbocycles. The van der Waals surface area contributed by atoms with E-state index in [9.17, 15) is 9.59 Å². The topological polar surface area (TPSA) is 55.4 Å². The van der Waals surface area contributed by atoms with Crippen molar-refractivity contribution in [3.63, 3.8) is 0 Å². The van der Waals surface area contributed by atoms with E-state index < -0.39 is 0 Å². The molecule has 2 amide bonds. The number of nitrogens with one attached hydrogen (secondary N) is 1. The molecular formula is C18H15NO3S. The minimum Gasteiger partial charge on any atom is -0.489 e. The smallest absolute Gasteiger partial charge is 0.290 e. The van der Waals surface area contributed by atoms with Gasteiger partial charge in [0.05, 0.1) is 4.91 Å². The predicted octanol–water partition coefficient (Wildman–Crippen LogP) is 3.90. The zero-order chi connectivity index (χ0) is 16.2. The number of hydrogen-bond donors (Lipinski definition) is 1. The van der Waals surface area contributed by atoms with Crippen LogP contribution in [0.5, 0.6) is 5.75 Å². The van der Waals surface area contributed by atoms with Crippen LogP contribution >= 0.6 is 11.8 Å². The third kappa shape index (κ3) is 4.02. The first kappa shape index (κ1) is 15.4. The Bertz CT molecular complexity index is 764. The normalized spacial score (nSPS) is 15.8. The van der Waals surface area contributed by atoms with Gasteiger partial charge in [0.25, 0.3) is 11.1 Å². The first-order valence-electron chi connectivity index (χ1n) is 7.13. The average Bonchev–Trinajstić information content (AvgIpc) is 2.86. The Morgan fingerprint density at radius 2 is 1.74 bits per heavy atom. The lowest BCUT2D eigenvalue weighted by Crippen LogP contribution is -2.17. The molecular weight excluding hydrogens is 310 g/mol. The highest BCUT2D eigenvalue weighted by Gasteiger charge is 2.24. The quantitative estimate of drug-likeness (QED) is 0.866. The van der Waals surface area contributed by atoms with Gasteiger partial charge in [-0.2, -0.15) is 0 Å². The molecule has 0 aliphatic carbocycles. The van der Waals surface area contributed by atoms with Crippen LogP contribution in [0.4, 0.5) is 4.79 Å². The van der Waals surface area contributed by atoms with Crippen molar-refractivity contribution in [1.29, 1.82) is 0 Å². The van der Waals surface area contributed by atoms with Crippen LogP contribution in [0, 0.1) is 6.92 Å². The number of amides is 2. The Hall–Kier alpha value is -2.53. The third-order valence-electron chi connectivity index (χ3n) is 3.35. The van der Waals surface area contributed by atoms with Gasteiger partial charge in [-0.25, -0.2) is 0 Å². The van der Waals surface area contributed by atoms with E-state index in [1.165, 1.54) is 5.56 Å². The second kappa shape index (κ2) is 6.71. The number of ether oxygens (including phenoxy) is 1. The van der Waals surface area contributed by atoms with Gasteiger partial charge in [-0.3, -0.25) is 14.9 Å². The molecule has 1 heterocycles. The molecule has 0 atom stereocenters. The maximum Gasteiger partial charge on any atom is 0.290 e. The van der Waals surface area contributed by atoms with Crippen LogP contribution in [-0.2, 0) is 11.4 Å². The fraction of sp³-hybridized carbons (Fsp3) is 0.111. The van der Waals surface area contributed by atoms with E-state index in [4.69, 9.17) is 4.74 Å². The number of imide groups is 1. The summed E-state index contributed by atoms with van der Waals surface area (Å²) < 4.78 is 5.74. The summed E-state index contributed by atoms with van der Waals surface area (Å²) in [4.78, 5) is 23.0. The van der Waals surface area contributed by atoms with Crippen LogP contribution in [-0.4, -0.2) is 11.1 Å². The Morgan fingerprint density at radius 1 is 1.04 bits per heavy atom. The first-order chi connectivity index (χ1) is 11.1. The summed E-state index contributed by atoms with van der Waals surface area (Å²) in [5.74, 6) is 0.409. The fourth-order valence-corrected chi connectivity index (χ4v) is 2.77. The van der Waals surface area contributed by atoms with E-state index in [-0.39, 0.29) is 11.1 Å². The van der Waals surface area contributed by atoms with E-state index in [1.807, 2.05) is 43.3 Å². The highest BCUT2D eigenvalue weighted by Crippen LogP contribution is 2.26. The molecule has 1 aliphatic heterocycles. The van der Waals surface area contributed by atoms with E-state index >= 15 is 0 Å². The number of aryl methyl sites for hydroxylation is 1. The molecule has 1 saturated heterocycles. The van der Waals surface area contributed by atoms with Crippen LogP contribution < -0.4 is 10.1 Å². The predicted molar refractivity (Wildman–Crippen MR) is 91.1 cm³/mol. The third-order valence-corrected chi connectivity index (χ3v) is 4.16. The molecule has 116 valence electrons. The van der Waals surface area contributed by atoms with E-state index in [0.29, 0.717) is 11.5 Å². The second-order valence-electron chi connectivity index (χ2n) is 5.20. The molecule has 4 nitrogen and oxygen atoms in total. The Morgan fingerprint density at radius 3 is 2.35 bits per heavy atom. The highest BCUT2D eigenvalue weighted by molar-refractivity contribution is 8.18. The van der Waals surface area contributed by atoms with Crippen LogP contribution in [0.3, 0.4) is 0 Å². The van der Waals surface area contributed by atoms with Crippen molar-refractivity contribution >= 4 is 29.0 Å². The molecule has 0 bridgehead atoms. The maximum atomic E-state index is 11.5. The molecule has 1 N–H and O–H groups in total. The minimum atomic E-state index is -0.348. The summed E-state index contributed by atoms with van der Waals surface area (Å²) in [6, 6.07) is 15.6. The van der Waals surface area contributed by atoms with Crippen molar-refractivity contribution in [3.05, 3.63) is 70.1 Å². The summed E-state index contributed by atoms with van der Waals surface area (Å²) in [5.41, 5.74) is 3.18. The summed E-state index contributed by atoms with van der Waals surface area (Å²) in [6.45, 7) is 2.56. The van der Waals surface area contributed by atoms with Gasteiger partial charge in [0.1, 0.15) is 12.4 Å². The zero-order valence-electron chi connectivity index (χ0n) is 12.5. The summed E-state index contributed by atoms with van der Waals surface area (Å²) in [5, 5.41) is 1.90.